The predicted octanol–water partition coefficient (Wildman–Crippen LogP) is 4.52. The summed E-state index contributed by atoms with van der Waals surface area (Å²) in [4.78, 5) is 16.5. The van der Waals surface area contributed by atoms with E-state index in [2.05, 4.69) is 43.9 Å². The monoisotopic (exact) mass is 388 g/mol. The number of fused-ring (bicyclic) bond motifs is 1. The van der Waals surface area contributed by atoms with Crippen LogP contribution in [0.25, 0.3) is 0 Å². The lowest BCUT2D eigenvalue weighted by molar-refractivity contribution is -0.135. The van der Waals surface area contributed by atoms with Crippen molar-refractivity contribution < 1.29 is 9.90 Å². The molecule has 28 heavy (non-hydrogen) atoms. The maximum atomic E-state index is 12.7. The third-order valence-corrected chi connectivity index (χ3v) is 6.03. The molecule has 3 unspecified atom stereocenters. The van der Waals surface area contributed by atoms with Gasteiger partial charge < -0.3 is 14.9 Å². The minimum Gasteiger partial charge on any atom is -0.373 e. The summed E-state index contributed by atoms with van der Waals surface area (Å²) in [5.74, 6) is 0.218. The number of amides is 1. The molecule has 1 N–H and O–H groups in total. The quantitative estimate of drug-likeness (QED) is 0.560. The van der Waals surface area contributed by atoms with E-state index in [1.807, 2.05) is 14.1 Å². The first-order valence-corrected chi connectivity index (χ1v) is 10.9. The molecule has 0 aromatic heterocycles. The van der Waals surface area contributed by atoms with Gasteiger partial charge in [-0.1, -0.05) is 34.9 Å². The van der Waals surface area contributed by atoms with Gasteiger partial charge in [-0.25, -0.2) is 0 Å². The van der Waals surface area contributed by atoms with Crippen LogP contribution in [0.2, 0.25) is 0 Å². The summed E-state index contributed by atoms with van der Waals surface area (Å²) in [6.07, 6.45) is 13.2. The van der Waals surface area contributed by atoms with E-state index in [1.54, 1.807) is 4.90 Å². The van der Waals surface area contributed by atoms with Gasteiger partial charge >= 0.3 is 0 Å². The number of carbonyl (C=O) groups excluding carboxylic acids is 1. The molecule has 2 aliphatic rings. The van der Waals surface area contributed by atoms with E-state index < -0.39 is 6.23 Å². The Morgan fingerprint density at radius 3 is 2.68 bits per heavy atom. The van der Waals surface area contributed by atoms with Crippen molar-refractivity contribution in [3.05, 3.63) is 34.9 Å². The summed E-state index contributed by atoms with van der Waals surface area (Å²) in [5, 5.41) is 10.7. The van der Waals surface area contributed by atoms with Crippen LogP contribution < -0.4 is 0 Å². The Kier molecular flexibility index (Phi) is 8.97. The molecule has 3 atom stereocenters. The van der Waals surface area contributed by atoms with E-state index >= 15 is 0 Å². The standard InChI is InChI=1S/C24H40N2O2/c1-18(2)9-6-10-19(3)11-7-12-20-13-14-21-22(17-20)24(28)26(23(21)27)16-8-15-25(4)5/h9,11,13,21-22,24,28H,6-8,10,12,14-17H2,1-5H3/b19-11+. The van der Waals surface area contributed by atoms with E-state index in [-0.39, 0.29) is 17.7 Å². The van der Waals surface area contributed by atoms with Crippen LogP contribution >= 0.6 is 0 Å². The number of likely N-dealkylation sites (tertiary alicyclic amines) is 1. The molecule has 0 aromatic carbocycles. The number of nitrogens with zero attached hydrogens (tertiary/aromatic N) is 2. The van der Waals surface area contributed by atoms with E-state index in [0.717, 1.165) is 51.5 Å². The first kappa shape index (κ1) is 22.9. The fraction of sp³-hybridized carbons (Fsp3) is 0.708. The molecule has 0 radical (unpaired) electrons. The van der Waals surface area contributed by atoms with Crippen molar-refractivity contribution >= 4 is 5.91 Å². The molecular weight excluding hydrogens is 348 g/mol. The highest BCUT2D eigenvalue weighted by molar-refractivity contribution is 5.82. The first-order valence-electron chi connectivity index (χ1n) is 10.9. The Morgan fingerprint density at radius 1 is 1.25 bits per heavy atom. The van der Waals surface area contributed by atoms with Gasteiger partial charge in [0.1, 0.15) is 6.23 Å². The van der Waals surface area contributed by atoms with Gasteiger partial charge in [0.15, 0.2) is 0 Å². The summed E-state index contributed by atoms with van der Waals surface area (Å²) < 4.78 is 0. The Morgan fingerprint density at radius 2 is 2.00 bits per heavy atom. The number of carbonyl (C=O) groups is 1. The van der Waals surface area contributed by atoms with Gasteiger partial charge in [0.25, 0.3) is 0 Å². The third kappa shape index (κ3) is 6.59. The average molecular weight is 389 g/mol. The topological polar surface area (TPSA) is 43.8 Å². The van der Waals surface area contributed by atoms with Crippen LogP contribution in [0, 0.1) is 11.8 Å². The second-order valence-corrected chi connectivity index (χ2v) is 9.08. The van der Waals surface area contributed by atoms with Gasteiger partial charge in [-0.3, -0.25) is 4.79 Å². The number of rotatable bonds is 10. The molecule has 1 aliphatic heterocycles. The summed E-state index contributed by atoms with van der Waals surface area (Å²) in [7, 11) is 4.08. The van der Waals surface area contributed by atoms with Crippen molar-refractivity contribution in [2.45, 2.75) is 71.9 Å². The molecule has 4 nitrogen and oxygen atoms in total. The van der Waals surface area contributed by atoms with Gasteiger partial charge in [0, 0.05) is 18.4 Å². The average Bonchev–Trinajstić information content (AvgIpc) is 2.85. The lowest BCUT2D eigenvalue weighted by Crippen LogP contribution is -2.37. The molecule has 1 amide bonds. The third-order valence-electron chi connectivity index (χ3n) is 6.03. The van der Waals surface area contributed by atoms with Gasteiger partial charge in [-0.2, -0.15) is 0 Å². The van der Waals surface area contributed by atoms with Crippen molar-refractivity contribution in [1.29, 1.82) is 0 Å². The summed E-state index contributed by atoms with van der Waals surface area (Å²) in [6, 6.07) is 0. The Bertz CT molecular complexity index is 614. The van der Waals surface area contributed by atoms with Crippen molar-refractivity contribution in [3.63, 3.8) is 0 Å². The Labute approximate surface area is 172 Å². The van der Waals surface area contributed by atoms with Gasteiger partial charge in [-0.05, 0) is 86.4 Å². The van der Waals surface area contributed by atoms with E-state index in [4.69, 9.17) is 0 Å². The van der Waals surface area contributed by atoms with Gasteiger partial charge in [-0.15, -0.1) is 0 Å². The highest BCUT2D eigenvalue weighted by Gasteiger charge is 2.47. The minimum absolute atomic E-state index is 0.0144. The second kappa shape index (κ2) is 11.0. The molecule has 0 bridgehead atoms. The number of allylic oxidation sites excluding steroid dienone is 6. The fourth-order valence-corrected chi connectivity index (χ4v) is 4.37. The molecule has 1 saturated heterocycles. The van der Waals surface area contributed by atoms with Crippen LogP contribution in [0.4, 0.5) is 0 Å². The van der Waals surface area contributed by atoms with Crippen LogP contribution in [-0.4, -0.2) is 54.2 Å². The van der Waals surface area contributed by atoms with E-state index in [0.29, 0.717) is 6.54 Å². The maximum Gasteiger partial charge on any atom is 0.228 e. The van der Waals surface area contributed by atoms with Crippen molar-refractivity contribution in [2.75, 3.05) is 27.2 Å². The van der Waals surface area contributed by atoms with Crippen molar-refractivity contribution in [1.82, 2.24) is 9.80 Å². The number of aliphatic hydroxyl groups is 1. The predicted molar refractivity (Wildman–Crippen MR) is 117 cm³/mol. The first-order chi connectivity index (χ1) is 13.3. The van der Waals surface area contributed by atoms with Crippen molar-refractivity contribution in [2.24, 2.45) is 11.8 Å². The zero-order chi connectivity index (χ0) is 20.7. The van der Waals surface area contributed by atoms with Crippen LogP contribution in [0.3, 0.4) is 0 Å². The summed E-state index contributed by atoms with van der Waals surface area (Å²) in [5.41, 5.74) is 4.25. The normalized spacial score (nSPS) is 25.2. The molecular formula is C24H40N2O2. The fourth-order valence-electron chi connectivity index (χ4n) is 4.37. The minimum atomic E-state index is -0.607. The molecule has 1 heterocycles. The second-order valence-electron chi connectivity index (χ2n) is 9.08. The lowest BCUT2D eigenvalue weighted by atomic mass is 9.79. The SMILES string of the molecule is CC(C)=CCC/C(C)=C/CCC1=CCC2C(=O)N(CCCN(C)C)C(O)C2C1. The number of hydrogen-bond acceptors (Lipinski definition) is 3. The maximum absolute atomic E-state index is 12.7. The molecule has 1 fully saturated rings. The zero-order valence-corrected chi connectivity index (χ0v) is 18.6. The van der Waals surface area contributed by atoms with E-state index in [1.165, 1.54) is 16.7 Å². The van der Waals surface area contributed by atoms with Gasteiger partial charge in [0.05, 0.1) is 0 Å². The lowest BCUT2D eigenvalue weighted by Gasteiger charge is -2.26. The van der Waals surface area contributed by atoms with Gasteiger partial charge in [0.2, 0.25) is 5.91 Å². The number of hydrogen-bond donors (Lipinski definition) is 1. The molecule has 4 heteroatoms. The highest BCUT2D eigenvalue weighted by atomic mass is 16.3. The molecule has 158 valence electrons. The molecule has 2 rings (SSSR count). The highest BCUT2D eigenvalue weighted by Crippen LogP contribution is 2.41. The van der Waals surface area contributed by atoms with Crippen LogP contribution in [0.15, 0.2) is 34.9 Å². The van der Waals surface area contributed by atoms with Crippen molar-refractivity contribution in [3.8, 4) is 0 Å². The molecule has 0 aromatic rings. The van der Waals surface area contributed by atoms with E-state index in [9.17, 15) is 9.90 Å². The zero-order valence-electron chi connectivity index (χ0n) is 18.6. The van der Waals surface area contributed by atoms with Crippen LogP contribution in [-0.2, 0) is 4.79 Å². The summed E-state index contributed by atoms with van der Waals surface area (Å²) >= 11 is 0. The number of aliphatic hydroxyl groups excluding tert-OH is 1. The smallest absolute Gasteiger partial charge is 0.228 e. The molecule has 0 spiro atoms. The van der Waals surface area contributed by atoms with Crippen LogP contribution in [0.1, 0.15) is 65.7 Å². The molecule has 0 saturated carbocycles. The Hall–Kier alpha value is -1.39. The van der Waals surface area contributed by atoms with Crippen LogP contribution in [0.5, 0.6) is 0 Å². The Balaban J connectivity index is 1.81. The largest absolute Gasteiger partial charge is 0.373 e. The molecule has 1 aliphatic carbocycles. The summed E-state index contributed by atoms with van der Waals surface area (Å²) in [6.45, 7) is 8.11.